The van der Waals surface area contributed by atoms with E-state index in [1.54, 1.807) is 33.5 Å². The van der Waals surface area contributed by atoms with Crippen LogP contribution in [0.1, 0.15) is 5.56 Å². The van der Waals surface area contributed by atoms with Crippen molar-refractivity contribution in [1.29, 1.82) is 0 Å². The van der Waals surface area contributed by atoms with Gasteiger partial charge in [0, 0.05) is 0 Å². The number of hydrogen-bond donors (Lipinski definition) is 0. The summed E-state index contributed by atoms with van der Waals surface area (Å²) in [5, 5.41) is 0. The number of hydrogen-bond acceptors (Lipinski definition) is 3. The second-order valence-corrected chi connectivity index (χ2v) is 2.53. The molecule has 13 heavy (non-hydrogen) atoms. The van der Waals surface area contributed by atoms with E-state index >= 15 is 0 Å². The van der Waals surface area contributed by atoms with E-state index in [1.165, 1.54) is 0 Å². The van der Waals surface area contributed by atoms with Gasteiger partial charge >= 0.3 is 0 Å². The number of methoxy groups -OCH3 is 3. The number of rotatable bonds is 3. The van der Waals surface area contributed by atoms with Gasteiger partial charge in [0.25, 0.3) is 0 Å². The predicted octanol–water partition coefficient (Wildman–Crippen LogP) is 1.89. The number of benzene rings is 1. The zero-order valence-electron chi connectivity index (χ0n) is 8.09. The number of ether oxygens (including phenoxy) is 3. The van der Waals surface area contributed by atoms with E-state index in [0.717, 1.165) is 5.56 Å². The molecule has 0 atom stereocenters. The molecule has 1 aromatic carbocycles. The fourth-order valence-corrected chi connectivity index (χ4v) is 1.14. The SMILES string of the molecule is [CH2]c1cc(OC)c(OC)c(OC)c1. The predicted molar refractivity (Wildman–Crippen MR) is 50.6 cm³/mol. The minimum Gasteiger partial charge on any atom is -0.493 e. The Hall–Kier alpha value is -1.38. The van der Waals surface area contributed by atoms with Crippen molar-refractivity contribution in [3.05, 3.63) is 24.6 Å². The standard InChI is InChI=1S/C10H13O3/c1-7-5-8(11-2)10(13-4)9(6-7)12-3/h5-6H,1H2,2-4H3. The highest BCUT2D eigenvalue weighted by Gasteiger charge is 2.10. The van der Waals surface area contributed by atoms with Gasteiger partial charge in [-0.05, 0) is 24.6 Å². The quantitative estimate of drug-likeness (QED) is 0.712. The first-order valence-electron chi connectivity index (χ1n) is 3.85. The zero-order valence-corrected chi connectivity index (χ0v) is 8.09. The third-order valence-electron chi connectivity index (χ3n) is 1.72. The van der Waals surface area contributed by atoms with Gasteiger partial charge in [-0.1, -0.05) is 0 Å². The maximum Gasteiger partial charge on any atom is 0.203 e. The van der Waals surface area contributed by atoms with Crippen LogP contribution in [0.4, 0.5) is 0 Å². The largest absolute Gasteiger partial charge is 0.493 e. The summed E-state index contributed by atoms with van der Waals surface area (Å²) >= 11 is 0. The Morgan fingerprint density at radius 3 is 1.69 bits per heavy atom. The van der Waals surface area contributed by atoms with Crippen LogP contribution in [0.3, 0.4) is 0 Å². The first-order chi connectivity index (χ1) is 6.22. The van der Waals surface area contributed by atoms with E-state index in [-0.39, 0.29) is 0 Å². The lowest BCUT2D eigenvalue weighted by Gasteiger charge is -2.12. The van der Waals surface area contributed by atoms with Crippen LogP contribution in [0.15, 0.2) is 12.1 Å². The molecular formula is C10H13O3. The third kappa shape index (κ3) is 1.86. The summed E-state index contributed by atoms with van der Waals surface area (Å²) in [7, 11) is 4.73. The van der Waals surface area contributed by atoms with E-state index in [2.05, 4.69) is 6.92 Å². The van der Waals surface area contributed by atoms with Crippen LogP contribution in [-0.4, -0.2) is 21.3 Å². The van der Waals surface area contributed by atoms with Gasteiger partial charge < -0.3 is 14.2 Å². The fraction of sp³-hybridized carbons (Fsp3) is 0.300. The summed E-state index contributed by atoms with van der Waals surface area (Å²) in [6.07, 6.45) is 0. The minimum absolute atomic E-state index is 0.595. The monoisotopic (exact) mass is 181 g/mol. The lowest BCUT2D eigenvalue weighted by atomic mass is 10.2. The van der Waals surface area contributed by atoms with Crippen LogP contribution in [0.5, 0.6) is 17.2 Å². The summed E-state index contributed by atoms with van der Waals surface area (Å²) in [6.45, 7) is 3.80. The molecule has 0 saturated carbocycles. The molecule has 71 valence electrons. The fourth-order valence-electron chi connectivity index (χ4n) is 1.14. The van der Waals surface area contributed by atoms with Gasteiger partial charge in [0.2, 0.25) is 5.75 Å². The molecule has 0 amide bonds. The highest BCUT2D eigenvalue weighted by molar-refractivity contribution is 5.54. The molecule has 0 unspecified atom stereocenters. The summed E-state index contributed by atoms with van der Waals surface area (Å²) in [5.41, 5.74) is 0.828. The van der Waals surface area contributed by atoms with Gasteiger partial charge in [0.05, 0.1) is 21.3 Å². The molecule has 0 aliphatic carbocycles. The van der Waals surface area contributed by atoms with Crippen molar-refractivity contribution in [3.8, 4) is 17.2 Å². The molecule has 1 radical (unpaired) electrons. The third-order valence-corrected chi connectivity index (χ3v) is 1.72. The molecule has 0 fully saturated rings. The van der Waals surface area contributed by atoms with Crippen LogP contribution >= 0.6 is 0 Å². The second-order valence-electron chi connectivity index (χ2n) is 2.53. The van der Waals surface area contributed by atoms with E-state index in [9.17, 15) is 0 Å². The summed E-state index contributed by atoms with van der Waals surface area (Å²) in [4.78, 5) is 0. The Balaban J connectivity index is 3.25. The molecule has 1 aromatic rings. The van der Waals surface area contributed by atoms with Crippen molar-refractivity contribution >= 4 is 0 Å². The molecule has 1 rings (SSSR count). The van der Waals surface area contributed by atoms with Crippen LogP contribution < -0.4 is 14.2 Å². The van der Waals surface area contributed by atoms with Gasteiger partial charge in [-0.3, -0.25) is 0 Å². The topological polar surface area (TPSA) is 27.7 Å². The van der Waals surface area contributed by atoms with Crippen LogP contribution in [0.25, 0.3) is 0 Å². The lowest BCUT2D eigenvalue weighted by molar-refractivity contribution is 0.324. The minimum atomic E-state index is 0.595. The molecular weight excluding hydrogens is 168 g/mol. The first-order valence-corrected chi connectivity index (χ1v) is 3.85. The van der Waals surface area contributed by atoms with Gasteiger partial charge in [-0.2, -0.15) is 0 Å². The van der Waals surface area contributed by atoms with Gasteiger partial charge in [-0.25, -0.2) is 0 Å². The van der Waals surface area contributed by atoms with Crippen LogP contribution in [0.2, 0.25) is 0 Å². The Bertz CT molecular complexity index is 269. The van der Waals surface area contributed by atoms with Crippen molar-refractivity contribution in [3.63, 3.8) is 0 Å². The molecule has 0 spiro atoms. The molecule has 0 saturated heterocycles. The van der Waals surface area contributed by atoms with E-state index < -0.39 is 0 Å². The van der Waals surface area contributed by atoms with Crippen LogP contribution in [-0.2, 0) is 0 Å². The molecule has 0 aliphatic rings. The Morgan fingerprint density at radius 2 is 1.38 bits per heavy atom. The molecule has 0 aromatic heterocycles. The lowest BCUT2D eigenvalue weighted by Crippen LogP contribution is -1.95. The van der Waals surface area contributed by atoms with E-state index in [0.29, 0.717) is 17.2 Å². The second kappa shape index (κ2) is 4.03. The zero-order chi connectivity index (χ0) is 9.84. The molecule has 0 bridgehead atoms. The summed E-state index contributed by atoms with van der Waals surface area (Å²) in [6, 6.07) is 3.59. The molecule has 0 heterocycles. The van der Waals surface area contributed by atoms with Gasteiger partial charge in [0.15, 0.2) is 11.5 Å². The average molecular weight is 181 g/mol. The van der Waals surface area contributed by atoms with Crippen molar-refractivity contribution in [2.24, 2.45) is 0 Å². The Morgan fingerprint density at radius 1 is 0.923 bits per heavy atom. The van der Waals surface area contributed by atoms with Crippen molar-refractivity contribution in [2.75, 3.05) is 21.3 Å². The van der Waals surface area contributed by atoms with Gasteiger partial charge in [-0.15, -0.1) is 0 Å². The maximum absolute atomic E-state index is 5.14. The summed E-state index contributed by atoms with van der Waals surface area (Å²) < 4.78 is 15.4. The van der Waals surface area contributed by atoms with Crippen molar-refractivity contribution in [1.82, 2.24) is 0 Å². The Kier molecular flexibility index (Phi) is 3.01. The van der Waals surface area contributed by atoms with Crippen molar-refractivity contribution < 1.29 is 14.2 Å². The van der Waals surface area contributed by atoms with Crippen LogP contribution in [0, 0.1) is 6.92 Å². The summed E-state index contributed by atoms with van der Waals surface area (Å²) in [5.74, 6) is 1.86. The van der Waals surface area contributed by atoms with E-state index in [1.807, 2.05) is 0 Å². The van der Waals surface area contributed by atoms with Crippen molar-refractivity contribution in [2.45, 2.75) is 0 Å². The van der Waals surface area contributed by atoms with E-state index in [4.69, 9.17) is 14.2 Å². The first kappa shape index (κ1) is 9.71. The molecule has 3 nitrogen and oxygen atoms in total. The Labute approximate surface area is 78.2 Å². The smallest absolute Gasteiger partial charge is 0.203 e. The van der Waals surface area contributed by atoms with Gasteiger partial charge in [0.1, 0.15) is 0 Å². The average Bonchev–Trinajstić information content (AvgIpc) is 2.16. The highest BCUT2D eigenvalue weighted by Crippen LogP contribution is 2.37. The normalized spacial score (nSPS) is 9.54. The maximum atomic E-state index is 5.14. The molecule has 0 N–H and O–H groups in total. The molecule has 0 aliphatic heterocycles. The molecule has 3 heteroatoms. The highest BCUT2D eigenvalue weighted by atomic mass is 16.5.